The van der Waals surface area contributed by atoms with E-state index in [-0.39, 0.29) is 11.6 Å². The molecule has 0 aliphatic rings. The van der Waals surface area contributed by atoms with Gasteiger partial charge in [-0.15, -0.1) is 0 Å². The molecule has 3 rings (SSSR count). The molecular weight excluding hydrogens is 388 g/mol. The molecule has 6 nitrogen and oxygen atoms in total. The van der Waals surface area contributed by atoms with Gasteiger partial charge < -0.3 is 5.32 Å². The van der Waals surface area contributed by atoms with Crippen LogP contribution in [0.25, 0.3) is 0 Å². The van der Waals surface area contributed by atoms with Gasteiger partial charge in [0.1, 0.15) is 0 Å². The monoisotopic (exact) mass is 403 g/mol. The van der Waals surface area contributed by atoms with Gasteiger partial charge in [-0.05, 0) is 61.0 Å². The lowest BCUT2D eigenvalue weighted by atomic mass is 10.2. The third-order valence-corrected chi connectivity index (χ3v) is 5.27. The van der Waals surface area contributed by atoms with Crippen LogP contribution in [0.3, 0.4) is 0 Å². The van der Waals surface area contributed by atoms with Gasteiger partial charge in [-0.25, -0.2) is 17.2 Å². The van der Waals surface area contributed by atoms with Crippen molar-refractivity contribution >= 4 is 27.3 Å². The topological polar surface area (TPSA) is 88.2 Å². The van der Waals surface area contributed by atoms with Gasteiger partial charge in [0.25, 0.3) is 15.9 Å². The van der Waals surface area contributed by atoms with Crippen LogP contribution < -0.4 is 10.0 Å². The van der Waals surface area contributed by atoms with Crippen molar-refractivity contribution in [3.8, 4) is 0 Å². The summed E-state index contributed by atoms with van der Waals surface area (Å²) in [4.78, 5) is 15.8. The number of amides is 1. The van der Waals surface area contributed by atoms with Gasteiger partial charge in [-0.1, -0.05) is 0 Å². The maximum absolute atomic E-state index is 13.3. The largest absolute Gasteiger partial charge is 0.320 e. The summed E-state index contributed by atoms with van der Waals surface area (Å²) in [6.07, 6.45) is 3.14. The fraction of sp³-hybridized carbons (Fsp3) is 0.0526. The van der Waals surface area contributed by atoms with Crippen LogP contribution in [0.1, 0.15) is 15.9 Å². The van der Waals surface area contributed by atoms with E-state index in [0.717, 1.165) is 17.7 Å². The number of nitrogens with zero attached hydrogens (tertiary/aromatic N) is 1. The Bertz CT molecular complexity index is 1130. The van der Waals surface area contributed by atoms with Crippen LogP contribution >= 0.6 is 0 Å². The van der Waals surface area contributed by atoms with Gasteiger partial charge >= 0.3 is 0 Å². The zero-order valence-corrected chi connectivity index (χ0v) is 15.4. The van der Waals surface area contributed by atoms with Crippen molar-refractivity contribution in [1.29, 1.82) is 0 Å². The molecule has 1 heterocycles. The van der Waals surface area contributed by atoms with Crippen molar-refractivity contribution in [2.75, 3.05) is 10.0 Å². The average molecular weight is 403 g/mol. The number of rotatable bonds is 5. The lowest BCUT2D eigenvalue weighted by molar-refractivity contribution is 0.102. The normalized spacial score (nSPS) is 11.1. The lowest BCUT2D eigenvalue weighted by Gasteiger charge is -2.10. The highest BCUT2D eigenvalue weighted by Crippen LogP contribution is 2.19. The Balaban J connectivity index is 1.74. The molecule has 2 N–H and O–H groups in total. The van der Waals surface area contributed by atoms with Gasteiger partial charge in [0.2, 0.25) is 0 Å². The molecular formula is C19H15F2N3O3S. The maximum Gasteiger partial charge on any atom is 0.261 e. The fourth-order valence-electron chi connectivity index (χ4n) is 2.34. The smallest absolute Gasteiger partial charge is 0.261 e. The summed E-state index contributed by atoms with van der Waals surface area (Å²) in [6, 6.07) is 9.69. The van der Waals surface area contributed by atoms with E-state index in [9.17, 15) is 22.0 Å². The van der Waals surface area contributed by atoms with E-state index >= 15 is 0 Å². The van der Waals surface area contributed by atoms with Crippen LogP contribution in [0.15, 0.2) is 65.8 Å². The highest BCUT2D eigenvalue weighted by atomic mass is 32.2. The van der Waals surface area contributed by atoms with Crippen LogP contribution in [0.4, 0.5) is 20.2 Å². The van der Waals surface area contributed by atoms with Gasteiger partial charge in [0, 0.05) is 17.4 Å². The van der Waals surface area contributed by atoms with E-state index in [2.05, 4.69) is 15.0 Å². The van der Waals surface area contributed by atoms with E-state index in [1.165, 1.54) is 30.5 Å². The second-order valence-corrected chi connectivity index (χ2v) is 7.59. The molecule has 3 aromatic rings. The van der Waals surface area contributed by atoms with E-state index in [0.29, 0.717) is 17.3 Å². The van der Waals surface area contributed by atoms with Crippen molar-refractivity contribution in [3.05, 3.63) is 83.7 Å². The quantitative estimate of drug-likeness (QED) is 0.680. The Hall–Kier alpha value is -3.33. The zero-order valence-electron chi connectivity index (χ0n) is 14.6. The highest BCUT2D eigenvalue weighted by Gasteiger charge is 2.17. The highest BCUT2D eigenvalue weighted by molar-refractivity contribution is 7.92. The minimum absolute atomic E-state index is 0.166. The van der Waals surface area contributed by atoms with E-state index in [1.54, 1.807) is 12.3 Å². The molecule has 9 heteroatoms. The van der Waals surface area contributed by atoms with Crippen molar-refractivity contribution in [2.24, 2.45) is 0 Å². The number of nitrogens with one attached hydrogen (secondary N) is 2. The van der Waals surface area contributed by atoms with Gasteiger partial charge in [-0.3, -0.25) is 14.5 Å². The number of carbonyl (C=O) groups excluding carboxylic acids is 1. The second-order valence-electron chi connectivity index (χ2n) is 5.90. The lowest BCUT2D eigenvalue weighted by Crippen LogP contribution is -2.15. The van der Waals surface area contributed by atoms with E-state index in [4.69, 9.17) is 0 Å². The molecule has 1 amide bonds. The molecule has 144 valence electrons. The fourth-order valence-corrected chi connectivity index (χ4v) is 3.41. The van der Waals surface area contributed by atoms with Crippen LogP contribution in [0.2, 0.25) is 0 Å². The Kier molecular flexibility index (Phi) is 5.36. The summed E-state index contributed by atoms with van der Waals surface area (Å²) < 4.78 is 53.1. The SMILES string of the molecule is Cc1ccncc1NC(=O)c1ccc(NS(=O)(=O)c2ccc(F)c(F)c2)cc1. The molecule has 28 heavy (non-hydrogen) atoms. The first-order chi connectivity index (χ1) is 13.3. The van der Waals surface area contributed by atoms with Gasteiger partial charge in [-0.2, -0.15) is 0 Å². The van der Waals surface area contributed by atoms with Crippen molar-refractivity contribution in [3.63, 3.8) is 0 Å². The predicted molar refractivity (Wildman–Crippen MR) is 101 cm³/mol. The minimum Gasteiger partial charge on any atom is -0.320 e. The second kappa shape index (κ2) is 7.73. The molecule has 0 aliphatic heterocycles. The molecule has 0 aliphatic carbocycles. The number of aromatic nitrogens is 1. The molecule has 0 radical (unpaired) electrons. The molecule has 0 atom stereocenters. The van der Waals surface area contributed by atoms with Crippen LogP contribution in [-0.4, -0.2) is 19.3 Å². The third kappa shape index (κ3) is 4.32. The molecule has 0 saturated heterocycles. The predicted octanol–water partition coefficient (Wildman–Crippen LogP) is 3.72. The Labute approximate surface area is 160 Å². The van der Waals surface area contributed by atoms with Crippen LogP contribution in [0.5, 0.6) is 0 Å². The van der Waals surface area contributed by atoms with Crippen molar-refractivity contribution in [2.45, 2.75) is 11.8 Å². The molecule has 0 saturated carbocycles. The van der Waals surface area contributed by atoms with Crippen LogP contribution in [-0.2, 0) is 10.0 Å². The first-order valence-electron chi connectivity index (χ1n) is 8.06. The number of carbonyl (C=O) groups is 1. The molecule has 0 unspecified atom stereocenters. The van der Waals surface area contributed by atoms with E-state index < -0.39 is 26.6 Å². The third-order valence-electron chi connectivity index (χ3n) is 3.89. The number of anilines is 2. The number of hydrogen-bond acceptors (Lipinski definition) is 4. The van der Waals surface area contributed by atoms with Crippen LogP contribution in [0, 0.1) is 18.6 Å². The number of sulfonamides is 1. The number of hydrogen-bond donors (Lipinski definition) is 2. The van der Waals surface area contributed by atoms with Gasteiger partial charge in [0.15, 0.2) is 11.6 Å². The number of benzene rings is 2. The summed E-state index contributed by atoms with van der Waals surface area (Å²) in [5.74, 6) is -2.79. The molecule has 0 spiro atoms. The standard InChI is InChI=1S/C19H15F2N3O3S/c1-12-8-9-22-11-18(12)23-19(25)13-2-4-14(5-3-13)24-28(26,27)15-6-7-16(20)17(21)10-15/h2-11,24H,1H3,(H,23,25). The molecule has 0 bridgehead atoms. The maximum atomic E-state index is 13.3. The first-order valence-corrected chi connectivity index (χ1v) is 9.54. The summed E-state index contributed by atoms with van der Waals surface area (Å²) in [5.41, 5.74) is 1.88. The molecule has 0 fully saturated rings. The summed E-state index contributed by atoms with van der Waals surface area (Å²) >= 11 is 0. The zero-order chi connectivity index (χ0) is 20.3. The summed E-state index contributed by atoms with van der Waals surface area (Å²) in [7, 11) is -4.11. The molecule has 2 aromatic carbocycles. The average Bonchev–Trinajstić information content (AvgIpc) is 2.66. The van der Waals surface area contributed by atoms with Crippen molar-refractivity contribution < 1.29 is 22.0 Å². The first kappa shape index (κ1) is 19.4. The van der Waals surface area contributed by atoms with Crippen molar-refractivity contribution in [1.82, 2.24) is 4.98 Å². The Morgan fingerprint density at radius 2 is 1.71 bits per heavy atom. The Morgan fingerprint density at radius 3 is 2.36 bits per heavy atom. The Morgan fingerprint density at radius 1 is 1.00 bits per heavy atom. The summed E-state index contributed by atoms with van der Waals surface area (Å²) in [5, 5.41) is 2.71. The number of aryl methyl sites for hydroxylation is 1. The number of halogens is 2. The van der Waals surface area contributed by atoms with Gasteiger partial charge in [0.05, 0.1) is 16.8 Å². The summed E-state index contributed by atoms with van der Waals surface area (Å²) in [6.45, 7) is 1.83. The van der Waals surface area contributed by atoms with E-state index in [1.807, 2.05) is 6.92 Å². The minimum atomic E-state index is -4.11. The molecule has 1 aromatic heterocycles. The number of pyridine rings is 1.